The monoisotopic (exact) mass is 195 g/mol. The van der Waals surface area contributed by atoms with Crippen LogP contribution in [0.3, 0.4) is 0 Å². The Morgan fingerprint density at radius 1 is 1.29 bits per heavy atom. The first kappa shape index (κ1) is 11.1. The van der Waals surface area contributed by atoms with Crippen molar-refractivity contribution < 1.29 is 9.47 Å². The Kier molecular flexibility index (Phi) is 4.04. The Balaban J connectivity index is 2.87. The normalized spacial score (nSPS) is 11.6. The molecule has 0 aliphatic heterocycles. The summed E-state index contributed by atoms with van der Waals surface area (Å²) in [6.07, 6.45) is 3.51. The standard InChI is InChI=1S/C11H17NO2/c1-4-13-11(3,14-5-2)10-7-6-8-12-9-10/h6-9H,4-5H2,1-3H3. The fourth-order valence-corrected chi connectivity index (χ4v) is 1.39. The molecule has 0 saturated heterocycles. The molecule has 0 amide bonds. The summed E-state index contributed by atoms with van der Waals surface area (Å²) in [5.74, 6) is -0.669. The van der Waals surface area contributed by atoms with E-state index in [0.29, 0.717) is 13.2 Å². The molecular weight excluding hydrogens is 178 g/mol. The zero-order valence-electron chi connectivity index (χ0n) is 8.99. The van der Waals surface area contributed by atoms with Crippen molar-refractivity contribution in [1.29, 1.82) is 0 Å². The summed E-state index contributed by atoms with van der Waals surface area (Å²) in [7, 11) is 0. The molecule has 3 nitrogen and oxygen atoms in total. The zero-order valence-corrected chi connectivity index (χ0v) is 8.99. The smallest absolute Gasteiger partial charge is 0.193 e. The van der Waals surface area contributed by atoms with Crippen LogP contribution in [0.15, 0.2) is 24.5 Å². The maximum Gasteiger partial charge on any atom is 0.193 e. The molecule has 0 atom stereocenters. The van der Waals surface area contributed by atoms with Crippen LogP contribution in [0.5, 0.6) is 0 Å². The first-order valence-electron chi connectivity index (χ1n) is 4.91. The summed E-state index contributed by atoms with van der Waals surface area (Å²) in [6, 6.07) is 3.84. The van der Waals surface area contributed by atoms with Gasteiger partial charge in [0.25, 0.3) is 0 Å². The van der Waals surface area contributed by atoms with Crippen LogP contribution in [0, 0.1) is 0 Å². The van der Waals surface area contributed by atoms with Gasteiger partial charge in [-0.1, -0.05) is 6.07 Å². The Bertz CT molecular complexity index is 255. The van der Waals surface area contributed by atoms with Gasteiger partial charge in [0, 0.05) is 31.2 Å². The highest BCUT2D eigenvalue weighted by Gasteiger charge is 2.27. The van der Waals surface area contributed by atoms with Crippen LogP contribution in [0.2, 0.25) is 0 Å². The molecule has 0 radical (unpaired) electrons. The average Bonchev–Trinajstić information content (AvgIpc) is 2.20. The molecule has 14 heavy (non-hydrogen) atoms. The van der Waals surface area contributed by atoms with Gasteiger partial charge in [-0.15, -0.1) is 0 Å². The van der Waals surface area contributed by atoms with E-state index in [2.05, 4.69) is 4.98 Å². The fourth-order valence-electron chi connectivity index (χ4n) is 1.39. The summed E-state index contributed by atoms with van der Waals surface area (Å²) in [5, 5.41) is 0. The van der Waals surface area contributed by atoms with Gasteiger partial charge in [-0.2, -0.15) is 0 Å². The van der Waals surface area contributed by atoms with E-state index in [-0.39, 0.29) is 0 Å². The third-order valence-corrected chi connectivity index (χ3v) is 2.03. The minimum atomic E-state index is -0.669. The molecule has 0 N–H and O–H groups in total. The van der Waals surface area contributed by atoms with Crippen molar-refractivity contribution in [3.05, 3.63) is 30.1 Å². The van der Waals surface area contributed by atoms with E-state index in [1.807, 2.05) is 32.9 Å². The average molecular weight is 195 g/mol. The third kappa shape index (κ3) is 2.53. The van der Waals surface area contributed by atoms with Crippen molar-refractivity contribution in [3.63, 3.8) is 0 Å². The maximum absolute atomic E-state index is 5.59. The van der Waals surface area contributed by atoms with Gasteiger partial charge in [0.2, 0.25) is 0 Å². The van der Waals surface area contributed by atoms with Gasteiger partial charge in [-0.3, -0.25) is 4.98 Å². The molecule has 1 aromatic rings. The molecular formula is C11H17NO2. The molecule has 0 bridgehead atoms. The Morgan fingerprint density at radius 2 is 1.93 bits per heavy atom. The molecule has 0 fully saturated rings. The van der Waals surface area contributed by atoms with Crippen molar-refractivity contribution in [2.24, 2.45) is 0 Å². The minimum Gasteiger partial charge on any atom is -0.346 e. The van der Waals surface area contributed by atoms with Gasteiger partial charge in [0.05, 0.1) is 0 Å². The first-order valence-corrected chi connectivity index (χ1v) is 4.91. The molecule has 0 aromatic carbocycles. The van der Waals surface area contributed by atoms with Crippen LogP contribution in [0.25, 0.3) is 0 Å². The summed E-state index contributed by atoms with van der Waals surface area (Å²) in [4.78, 5) is 4.06. The number of pyridine rings is 1. The lowest BCUT2D eigenvalue weighted by Crippen LogP contribution is -2.29. The Hall–Kier alpha value is -0.930. The Morgan fingerprint density at radius 3 is 2.36 bits per heavy atom. The van der Waals surface area contributed by atoms with Crippen LogP contribution >= 0.6 is 0 Å². The summed E-state index contributed by atoms with van der Waals surface area (Å²) >= 11 is 0. The predicted molar refractivity (Wildman–Crippen MR) is 54.8 cm³/mol. The molecule has 0 unspecified atom stereocenters. The quantitative estimate of drug-likeness (QED) is 0.676. The van der Waals surface area contributed by atoms with Gasteiger partial charge < -0.3 is 9.47 Å². The van der Waals surface area contributed by atoms with Crippen molar-refractivity contribution in [2.45, 2.75) is 26.6 Å². The largest absolute Gasteiger partial charge is 0.346 e. The molecule has 78 valence electrons. The fraction of sp³-hybridized carbons (Fsp3) is 0.545. The predicted octanol–water partition coefficient (Wildman–Crippen LogP) is 2.33. The van der Waals surface area contributed by atoms with Gasteiger partial charge in [0.15, 0.2) is 5.79 Å². The lowest BCUT2D eigenvalue weighted by molar-refractivity contribution is -0.230. The molecule has 3 heteroatoms. The van der Waals surface area contributed by atoms with E-state index in [9.17, 15) is 0 Å². The first-order chi connectivity index (χ1) is 6.73. The number of rotatable bonds is 5. The molecule has 1 aromatic heterocycles. The number of hydrogen-bond donors (Lipinski definition) is 0. The summed E-state index contributed by atoms with van der Waals surface area (Å²) < 4.78 is 11.2. The topological polar surface area (TPSA) is 31.4 Å². The Labute approximate surface area is 85.1 Å². The van der Waals surface area contributed by atoms with Crippen molar-refractivity contribution >= 4 is 0 Å². The van der Waals surface area contributed by atoms with E-state index in [1.165, 1.54) is 0 Å². The van der Waals surface area contributed by atoms with E-state index in [1.54, 1.807) is 12.4 Å². The van der Waals surface area contributed by atoms with Crippen LogP contribution in [0.1, 0.15) is 26.3 Å². The molecule has 1 rings (SSSR count). The van der Waals surface area contributed by atoms with Crippen LogP contribution in [-0.2, 0) is 15.3 Å². The number of aromatic nitrogens is 1. The number of hydrogen-bond acceptors (Lipinski definition) is 3. The zero-order chi connectivity index (χ0) is 10.4. The summed E-state index contributed by atoms with van der Waals surface area (Å²) in [5.41, 5.74) is 0.948. The maximum atomic E-state index is 5.59. The van der Waals surface area contributed by atoms with Gasteiger partial charge in [-0.05, 0) is 26.8 Å². The highest BCUT2D eigenvalue weighted by molar-refractivity contribution is 5.14. The number of nitrogens with zero attached hydrogens (tertiary/aromatic N) is 1. The summed E-state index contributed by atoms with van der Waals surface area (Å²) in [6.45, 7) is 7.05. The molecule has 1 heterocycles. The van der Waals surface area contributed by atoms with E-state index in [4.69, 9.17) is 9.47 Å². The highest BCUT2D eigenvalue weighted by Crippen LogP contribution is 2.25. The van der Waals surface area contributed by atoms with Crippen molar-refractivity contribution in [3.8, 4) is 0 Å². The van der Waals surface area contributed by atoms with E-state index < -0.39 is 5.79 Å². The molecule has 0 aliphatic carbocycles. The lowest BCUT2D eigenvalue weighted by atomic mass is 10.1. The van der Waals surface area contributed by atoms with Crippen molar-refractivity contribution in [1.82, 2.24) is 4.98 Å². The second-order valence-corrected chi connectivity index (χ2v) is 3.05. The van der Waals surface area contributed by atoms with E-state index in [0.717, 1.165) is 5.56 Å². The third-order valence-electron chi connectivity index (χ3n) is 2.03. The van der Waals surface area contributed by atoms with Crippen LogP contribution in [-0.4, -0.2) is 18.2 Å². The molecule has 0 spiro atoms. The van der Waals surface area contributed by atoms with Crippen molar-refractivity contribution in [2.75, 3.05) is 13.2 Å². The van der Waals surface area contributed by atoms with E-state index >= 15 is 0 Å². The minimum absolute atomic E-state index is 0.616. The van der Waals surface area contributed by atoms with Gasteiger partial charge in [0.1, 0.15) is 0 Å². The molecule has 0 saturated carbocycles. The SMILES string of the molecule is CCOC(C)(OCC)c1cccnc1. The second kappa shape index (κ2) is 5.08. The van der Waals surface area contributed by atoms with Crippen LogP contribution in [0.4, 0.5) is 0 Å². The molecule has 0 aliphatic rings. The second-order valence-electron chi connectivity index (χ2n) is 3.05. The highest BCUT2D eigenvalue weighted by atomic mass is 16.7. The number of ether oxygens (including phenoxy) is 2. The van der Waals surface area contributed by atoms with Gasteiger partial charge in [-0.25, -0.2) is 0 Å². The van der Waals surface area contributed by atoms with Gasteiger partial charge >= 0.3 is 0 Å². The lowest BCUT2D eigenvalue weighted by Gasteiger charge is -2.29. The van der Waals surface area contributed by atoms with Crippen LogP contribution < -0.4 is 0 Å².